The summed E-state index contributed by atoms with van der Waals surface area (Å²) in [5, 5.41) is -0.00190. The van der Waals surface area contributed by atoms with Crippen molar-refractivity contribution in [3.63, 3.8) is 0 Å². The van der Waals surface area contributed by atoms with Crippen molar-refractivity contribution < 1.29 is 8.78 Å². The van der Waals surface area contributed by atoms with Gasteiger partial charge in [-0.15, -0.1) is 0 Å². The van der Waals surface area contributed by atoms with Gasteiger partial charge in [-0.2, -0.15) is 4.98 Å². The largest absolute Gasteiger partial charge is 0.349 e. The van der Waals surface area contributed by atoms with Crippen molar-refractivity contribution in [3.05, 3.63) is 34.6 Å². The fraction of sp³-hybridized carbons (Fsp3) is 0.357. The second-order valence-electron chi connectivity index (χ2n) is 5.36. The molecule has 0 N–H and O–H groups in total. The maximum atomic E-state index is 14.1. The van der Waals surface area contributed by atoms with E-state index >= 15 is 0 Å². The average molecular weight is 343 g/mol. The number of halogens is 4. The molecule has 2 aromatic rings. The second-order valence-corrected chi connectivity index (χ2v) is 6.06. The summed E-state index contributed by atoms with van der Waals surface area (Å²) in [6.07, 6.45) is 5.04. The normalized spacial score (nSPS) is 26.9. The first kappa shape index (κ1) is 14.1. The lowest BCUT2D eigenvalue weighted by molar-refractivity contribution is 0.448. The van der Waals surface area contributed by atoms with Crippen LogP contribution in [-0.4, -0.2) is 33.7 Å². The monoisotopic (exact) mass is 342 g/mol. The molecule has 3 heterocycles. The van der Waals surface area contributed by atoms with Crippen LogP contribution in [-0.2, 0) is 0 Å². The first-order valence-electron chi connectivity index (χ1n) is 6.82. The van der Waals surface area contributed by atoms with Gasteiger partial charge in [-0.25, -0.2) is 18.7 Å². The molecule has 1 aliphatic heterocycles. The van der Waals surface area contributed by atoms with Crippen molar-refractivity contribution in [2.75, 3.05) is 11.4 Å². The van der Waals surface area contributed by atoms with E-state index in [-0.39, 0.29) is 27.9 Å². The van der Waals surface area contributed by atoms with Gasteiger partial charge in [0.15, 0.2) is 11.0 Å². The SMILES string of the molecule is Fc1c(Cl)ncc2c(N3CCC=C[C@@H]4C3[C@H]4F)nc(Cl)nc12. The standard InChI is InChI=1S/C14H10Cl2F2N4/c15-12-9(18)10-7(5-19-12)13(21-14(16)20-10)22-4-2-1-3-6-8(17)11(6)22/h1,3,5-6,8,11H,2,4H2/t6-,8-,11?/m0/s1. The van der Waals surface area contributed by atoms with Gasteiger partial charge in [-0.1, -0.05) is 23.8 Å². The van der Waals surface area contributed by atoms with Crippen molar-refractivity contribution >= 4 is 39.9 Å². The van der Waals surface area contributed by atoms with Crippen LogP contribution in [0.4, 0.5) is 14.6 Å². The number of hydrogen-bond donors (Lipinski definition) is 0. The van der Waals surface area contributed by atoms with Crippen molar-refractivity contribution in [1.82, 2.24) is 15.0 Å². The van der Waals surface area contributed by atoms with Gasteiger partial charge >= 0.3 is 0 Å². The molecule has 2 aromatic heterocycles. The van der Waals surface area contributed by atoms with E-state index in [1.165, 1.54) is 6.20 Å². The zero-order chi connectivity index (χ0) is 15.4. The molecule has 22 heavy (non-hydrogen) atoms. The van der Waals surface area contributed by atoms with Gasteiger partial charge in [0.2, 0.25) is 5.28 Å². The average Bonchev–Trinajstić information content (AvgIpc) is 3.18. The maximum Gasteiger partial charge on any atom is 0.225 e. The van der Waals surface area contributed by atoms with E-state index in [0.717, 1.165) is 6.42 Å². The predicted molar refractivity (Wildman–Crippen MR) is 80.6 cm³/mol. The van der Waals surface area contributed by atoms with Gasteiger partial charge < -0.3 is 4.90 Å². The van der Waals surface area contributed by atoms with Crippen LogP contribution in [0.15, 0.2) is 18.3 Å². The van der Waals surface area contributed by atoms with E-state index in [2.05, 4.69) is 15.0 Å². The van der Waals surface area contributed by atoms with Gasteiger partial charge in [0.25, 0.3) is 0 Å². The van der Waals surface area contributed by atoms with E-state index in [4.69, 9.17) is 23.2 Å². The molecule has 2 aliphatic rings. The van der Waals surface area contributed by atoms with Crippen LogP contribution in [0.2, 0.25) is 10.4 Å². The molecule has 1 fully saturated rings. The van der Waals surface area contributed by atoms with Crippen LogP contribution in [0.1, 0.15) is 6.42 Å². The Morgan fingerprint density at radius 2 is 2.09 bits per heavy atom. The highest BCUT2D eigenvalue weighted by Crippen LogP contribution is 2.45. The molecule has 4 nitrogen and oxygen atoms in total. The van der Waals surface area contributed by atoms with Gasteiger partial charge in [0.1, 0.15) is 17.5 Å². The van der Waals surface area contributed by atoms with E-state index in [0.29, 0.717) is 17.7 Å². The van der Waals surface area contributed by atoms with Crippen molar-refractivity contribution in [2.24, 2.45) is 5.92 Å². The molecule has 0 bridgehead atoms. The molecule has 1 aliphatic carbocycles. The molecule has 4 rings (SSSR count). The molecular formula is C14H10Cl2F2N4. The zero-order valence-electron chi connectivity index (χ0n) is 11.2. The lowest BCUT2D eigenvalue weighted by Crippen LogP contribution is -2.30. The van der Waals surface area contributed by atoms with Gasteiger partial charge in [-0.3, -0.25) is 0 Å². The summed E-state index contributed by atoms with van der Waals surface area (Å²) in [5.74, 6) is -0.505. The summed E-state index contributed by atoms with van der Waals surface area (Å²) in [5.41, 5.74) is -0.000172. The molecule has 0 amide bonds. The number of nitrogens with zero attached hydrogens (tertiary/aromatic N) is 4. The first-order valence-corrected chi connectivity index (χ1v) is 7.58. The highest BCUT2D eigenvalue weighted by molar-refractivity contribution is 6.30. The molecule has 114 valence electrons. The number of pyridine rings is 1. The molecular weight excluding hydrogens is 333 g/mol. The number of aromatic nitrogens is 3. The summed E-state index contributed by atoms with van der Waals surface area (Å²) < 4.78 is 28.1. The Bertz CT molecular complexity index is 798. The smallest absolute Gasteiger partial charge is 0.225 e. The van der Waals surface area contributed by atoms with Gasteiger partial charge in [0.05, 0.1) is 11.4 Å². The van der Waals surface area contributed by atoms with Crippen LogP contribution in [0.25, 0.3) is 10.9 Å². The summed E-state index contributed by atoms with van der Waals surface area (Å²) in [6.45, 7) is 0.574. The Hall–Kier alpha value is -1.53. The zero-order valence-corrected chi connectivity index (χ0v) is 12.7. The lowest BCUT2D eigenvalue weighted by Gasteiger charge is -2.24. The Balaban J connectivity index is 1.90. The molecule has 0 spiro atoms. The molecule has 0 saturated heterocycles. The topological polar surface area (TPSA) is 41.9 Å². The Labute approximate surface area is 134 Å². The molecule has 8 heteroatoms. The van der Waals surface area contributed by atoms with Gasteiger partial charge in [0, 0.05) is 18.7 Å². The molecule has 0 aromatic carbocycles. The Kier molecular flexibility index (Phi) is 3.20. The van der Waals surface area contributed by atoms with E-state index in [1.54, 1.807) is 0 Å². The van der Waals surface area contributed by atoms with E-state index < -0.39 is 12.0 Å². The van der Waals surface area contributed by atoms with Crippen LogP contribution >= 0.6 is 23.2 Å². The Morgan fingerprint density at radius 1 is 1.27 bits per heavy atom. The highest BCUT2D eigenvalue weighted by Gasteiger charge is 2.54. The van der Waals surface area contributed by atoms with Crippen LogP contribution in [0.5, 0.6) is 0 Å². The number of rotatable bonds is 1. The minimum absolute atomic E-state index is 0.000172. The fourth-order valence-corrected chi connectivity index (χ4v) is 3.26. The number of alkyl halides is 1. The second kappa shape index (κ2) is 4.99. The molecule has 3 atom stereocenters. The highest BCUT2D eigenvalue weighted by atomic mass is 35.5. The third-order valence-electron chi connectivity index (χ3n) is 4.07. The van der Waals surface area contributed by atoms with Crippen LogP contribution in [0.3, 0.4) is 0 Å². The van der Waals surface area contributed by atoms with E-state index in [1.807, 2.05) is 17.1 Å². The molecule has 1 saturated carbocycles. The van der Waals surface area contributed by atoms with Crippen molar-refractivity contribution in [1.29, 1.82) is 0 Å². The molecule has 1 unspecified atom stereocenters. The summed E-state index contributed by atoms with van der Waals surface area (Å²) in [7, 11) is 0. The minimum atomic E-state index is -0.953. The van der Waals surface area contributed by atoms with Gasteiger partial charge in [-0.05, 0) is 18.0 Å². The third kappa shape index (κ3) is 2.05. The minimum Gasteiger partial charge on any atom is -0.349 e. The predicted octanol–water partition coefficient (Wildman–Crippen LogP) is 3.57. The third-order valence-corrected chi connectivity index (χ3v) is 4.50. The summed E-state index contributed by atoms with van der Waals surface area (Å²) in [4.78, 5) is 13.7. The number of hydrogen-bond acceptors (Lipinski definition) is 4. The Morgan fingerprint density at radius 3 is 2.91 bits per heavy atom. The van der Waals surface area contributed by atoms with E-state index in [9.17, 15) is 8.78 Å². The maximum absolute atomic E-state index is 14.1. The molecule has 0 radical (unpaired) electrons. The first-order chi connectivity index (χ1) is 10.6. The van der Waals surface area contributed by atoms with Crippen LogP contribution in [0, 0.1) is 11.7 Å². The number of fused-ring (bicyclic) bond motifs is 2. The summed E-state index contributed by atoms with van der Waals surface area (Å²) >= 11 is 11.6. The van der Waals surface area contributed by atoms with Crippen molar-refractivity contribution in [2.45, 2.75) is 18.6 Å². The summed E-state index contributed by atoms with van der Waals surface area (Å²) in [6, 6.07) is -0.299. The fourth-order valence-electron chi connectivity index (χ4n) is 2.95. The van der Waals surface area contributed by atoms with Crippen molar-refractivity contribution in [3.8, 4) is 0 Å². The number of anilines is 1. The lowest BCUT2D eigenvalue weighted by atomic mass is 10.2. The van der Waals surface area contributed by atoms with Crippen LogP contribution < -0.4 is 4.90 Å². The quantitative estimate of drug-likeness (QED) is 0.451.